The Kier molecular flexibility index (Phi) is 9.07. The van der Waals surface area contributed by atoms with Crippen LogP contribution in [0, 0.1) is 0 Å². The Bertz CT molecular complexity index is 442. The summed E-state index contributed by atoms with van der Waals surface area (Å²) >= 11 is 0. The average molecular weight is 407 g/mol. The highest BCUT2D eigenvalue weighted by atomic mass is 127. The summed E-state index contributed by atoms with van der Waals surface area (Å²) in [6.45, 7) is 4.95. The maximum absolute atomic E-state index is 11.6. The number of likely N-dealkylation sites (N-methyl/N-ethyl adjacent to an activating group) is 1. The van der Waals surface area contributed by atoms with Crippen LogP contribution in [0.4, 0.5) is 0 Å². The van der Waals surface area contributed by atoms with E-state index in [1.54, 1.807) is 19.0 Å². The molecule has 0 fully saturated rings. The van der Waals surface area contributed by atoms with Gasteiger partial charge < -0.3 is 20.1 Å². The number of nitrogens with one attached hydrogen (secondary N) is 2. The molecule has 0 spiro atoms. The first-order valence-corrected chi connectivity index (χ1v) is 6.74. The average Bonchev–Trinajstić information content (AvgIpc) is 2.86. The number of rotatable bonds is 5. The highest BCUT2D eigenvalue weighted by molar-refractivity contribution is 14.0. The number of hydrogen-bond donors (Lipinski definition) is 2. The molecule has 0 saturated carbocycles. The van der Waals surface area contributed by atoms with Gasteiger partial charge in [0, 0.05) is 39.1 Å². The topological polar surface area (TPSA) is 63.7 Å². The van der Waals surface area contributed by atoms with E-state index in [0.29, 0.717) is 6.54 Å². The standard InChI is InChI=1S/C14H25N5O.HI/c1-11(2)17-14(16-9-13(20)18(3)4)19(5)10-12-7-6-8-15-12;/h6-8,11,15H,9-10H2,1-5H3,(H,16,17);1H. The maximum Gasteiger partial charge on any atom is 0.243 e. The lowest BCUT2D eigenvalue weighted by Crippen LogP contribution is -2.42. The minimum atomic E-state index is -0.0127. The summed E-state index contributed by atoms with van der Waals surface area (Å²) in [4.78, 5) is 22.7. The monoisotopic (exact) mass is 407 g/mol. The SMILES string of the molecule is CC(C)NC(=NCC(=O)N(C)C)N(C)Cc1ccc[nH]1.I. The van der Waals surface area contributed by atoms with Gasteiger partial charge in [0.2, 0.25) is 5.91 Å². The zero-order valence-corrected chi connectivity index (χ0v) is 15.7. The van der Waals surface area contributed by atoms with Gasteiger partial charge in [-0.3, -0.25) is 4.79 Å². The minimum absolute atomic E-state index is 0. The van der Waals surface area contributed by atoms with Gasteiger partial charge in [-0.05, 0) is 26.0 Å². The maximum atomic E-state index is 11.6. The van der Waals surface area contributed by atoms with Crippen LogP contribution in [0.1, 0.15) is 19.5 Å². The van der Waals surface area contributed by atoms with Crippen LogP contribution >= 0.6 is 24.0 Å². The first-order chi connectivity index (χ1) is 9.40. The number of hydrogen-bond acceptors (Lipinski definition) is 2. The summed E-state index contributed by atoms with van der Waals surface area (Å²) in [7, 11) is 5.42. The molecule has 0 aliphatic rings. The van der Waals surface area contributed by atoms with Crippen LogP contribution in [0.15, 0.2) is 23.3 Å². The third kappa shape index (κ3) is 7.35. The van der Waals surface area contributed by atoms with Crippen molar-refractivity contribution in [2.75, 3.05) is 27.7 Å². The summed E-state index contributed by atoms with van der Waals surface area (Å²) in [5.41, 5.74) is 1.10. The molecular formula is C14H26IN5O. The van der Waals surface area contributed by atoms with E-state index < -0.39 is 0 Å². The number of halogens is 1. The van der Waals surface area contributed by atoms with E-state index in [9.17, 15) is 4.79 Å². The lowest BCUT2D eigenvalue weighted by molar-refractivity contribution is -0.127. The Balaban J connectivity index is 0.00000400. The Labute approximate surface area is 144 Å². The van der Waals surface area contributed by atoms with E-state index >= 15 is 0 Å². The van der Waals surface area contributed by atoms with E-state index in [-0.39, 0.29) is 42.5 Å². The van der Waals surface area contributed by atoms with Crippen LogP contribution in [0.2, 0.25) is 0 Å². The normalized spacial score (nSPS) is 11.0. The fraction of sp³-hybridized carbons (Fsp3) is 0.571. The van der Waals surface area contributed by atoms with E-state index in [0.717, 1.165) is 11.7 Å². The van der Waals surface area contributed by atoms with E-state index in [4.69, 9.17) is 0 Å². The smallest absolute Gasteiger partial charge is 0.243 e. The van der Waals surface area contributed by atoms with Gasteiger partial charge in [0.15, 0.2) is 5.96 Å². The molecule has 1 heterocycles. The van der Waals surface area contributed by atoms with Crippen LogP contribution in [0.3, 0.4) is 0 Å². The zero-order valence-electron chi connectivity index (χ0n) is 13.4. The number of guanidine groups is 1. The minimum Gasteiger partial charge on any atom is -0.364 e. The van der Waals surface area contributed by atoms with E-state index in [1.807, 2.05) is 44.1 Å². The van der Waals surface area contributed by atoms with Crippen molar-refractivity contribution in [1.29, 1.82) is 0 Å². The largest absolute Gasteiger partial charge is 0.364 e. The third-order valence-corrected chi connectivity index (χ3v) is 2.71. The van der Waals surface area contributed by atoms with Crippen LogP contribution in [-0.2, 0) is 11.3 Å². The quantitative estimate of drug-likeness (QED) is 0.442. The molecule has 1 amide bonds. The van der Waals surface area contributed by atoms with Crippen molar-refractivity contribution in [1.82, 2.24) is 20.1 Å². The lowest BCUT2D eigenvalue weighted by Gasteiger charge is -2.24. The summed E-state index contributed by atoms with van der Waals surface area (Å²) in [6.07, 6.45) is 1.89. The predicted molar refractivity (Wildman–Crippen MR) is 96.9 cm³/mol. The van der Waals surface area contributed by atoms with Gasteiger partial charge in [0.1, 0.15) is 6.54 Å². The highest BCUT2D eigenvalue weighted by Gasteiger charge is 2.10. The number of amides is 1. The number of nitrogens with zero attached hydrogens (tertiary/aromatic N) is 3. The molecule has 7 heteroatoms. The number of aliphatic imine (C=N–C) groups is 1. The second-order valence-electron chi connectivity index (χ2n) is 5.28. The van der Waals surface area contributed by atoms with Gasteiger partial charge in [0.05, 0.1) is 6.54 Å². The molecule has 1 aromatic rings. The number of aromatic amines is 1. The van der Waals surface area contributed by atoms with Crippen molar-refractivity contribution in [2.24, 2.45) is 4.99 Å². The molecule has 0 radical (unpaired) electrons. The van der Waals surface area contributed by atoms with Crippen LogP contribution in [-0.4, -0.2) is 60.4 Å². The molecule has 6 nitrogen and oxygen atoms in total. The van der Waals surface area contributed by atoms with Gasteiger partial charge in [-0.15, -0.1) is 24.0 Å². The molecule has 0 aliphatic heterocycles. The summed E-state index contributed by atoms with van der Waals surface area (Å²) in [5, 5.41) is 3.28. The molecule has 0 aliphatic carbocycles. The molecule has 0 unspecified atom stereocenters. The summed E-state index contributed by atoms with van der Waals surface area (Å²) < 4.78 is 0. The molecule has 1 aromatic heterocycles. The second-order valence-corrected chi connectivity index (χ2v) is 5.28. The number of carbonyl (C=O) groups excluding carboxylic acids is 1. The van der Waals surface area contributed by atoms with Crippen LogP contribution in [0.5, 0.6) is 0 Å². The highest BCUT2D eigenvalue weighted by Crippen LogP contribution is 2.00. The number of aromatic nitrogens is 1. The molecule has 0 aromatic carbocycles. The van der Waals surface area contributed by atoms with Gasteiger partial charge in [-0.2, -0.15) is 0 Å². The number of H-pyrrole nitrogens is 1. The zero-order chi connectivity index (χ0) is 15.1. The second kappa shape index (κ2) is 9.64. The van der Waals surface area contributed by atoms with Crippen molar-refractivity contribution in [3.8, 4) is 0 Å². The molecule has 0 saturated heterocycles. The van der Waals surface area contributed by atoms with Crippen molar-refractivity contribution in [3.05, 3.63) is 24.0 Å². The summed E-state index contributed by atoms with van der Waals surface area (Å²) in [6, 6.07) is 4.24. The van der Waals surface area contributed by atoms with Crippen molar-refractivity contribution in [3.63, 3.8) is 0 Å². The van der Waals surface area contributed by atoms with Crippen molar-refractivity contribution >= 4 is 35.8 Å². The Morgan fingerprint density at radius 2 is 2.05 bits per heavy atom. The molecule has 0 atom stereocenters. The van der Waals surface area contributed by atoms with Crippen LogP contribution < -0.4 is 5.32 Å². The van der Waals surface area contributed by atoms with E-state index in [1.165, 1.54) is 0 Å². The predicted octanol–water partition coefficient (Wildman–Crippen LogP) is 1.51. The van der Waals surface area contributed by atoms with Crippen molar-refractivity contribution < 1.29 is 4.79 Å². The van der Waals surface area contributed by atoms with E-state index in [2.05, 4.69) is 15.3 Å². The Morgan fingerprint density at radius 3 is 2.52 bits per heavy atom. The summed E-state index contributed by atoms with van der Waals surface area (Å²) in [5.74, 6) is 0.714. The van der Waals surface area contributed by atoms with Crippen LogP contribution in [0.25, 0.3) is 0 Å². The molecule has 1 rings (SSSR count). The van der Waals surface area contributed by atoms with Crippen molar-refractivity contribution in [2.45, 2.75) is 26.4 Å². The molecule has 120 valence electrons. The lowest BCUT2D eigenvalue weighted by atomic mass is 10.4. The number of carbonyl (C=O) groups is 1. The molecule has 21 heavy (non-hydrogen) atoms. The van der Waals surface area contributed by atoms with Gasteiger partial charge in [-0.1, -0.05) is 0 Å². The van der Waals surface area contributed by atoms with Gasteiger partial charge in [-0.25, -0.2) is 4.99 Å². The Hall–Kier alpha value is -1.25. The molecular weight excluding hydrogens is 381 g/mol. The fourth-order valence-corrected chi connectivity index (χ4v) is 1.61. The first kappa shape index (κ1) is 19.8. The van der Waals surface area contributed by atoms with Gasteiger partial charge >= 0.3 is 0 Å². The van der Waals surface area contributed by atoms with Gasteiger partial charge in [0.25, 0.3) is 0 Å². The fourth-order valence-electron chi connectivity index (χ4n) is 1.61. The first-order valence-electron chi connectivity index (χ1n) is 6.74. The Morgan fingerprint density at radius 1 is 1.38 bits per heavy atom. The molecule has 0 bridgehead atoms. The molecule has 2 N–H and O–H groups in total. The third-order valence-electron chi connectivity index (χ3n) is 2.71.